The zero-order valence-electron chi connectivity index (χ0n) is 9.53. The monoisotopic (exact) mass is 212 g/mol. The van der Waals surface area contributed by atoms with Crippen LogP contribution in [0.15, 0.2) is 0 Å². The van der Waals surface area contributed by atoms with Crippen LogP contribution in [-0.2, 0) is 9.59 Å². The normalized spacial score (nSPS) is 27.0. The predicted octanol–water partition coefficient (Wildman–Crippen LogP) is 2.49. The zero-order chi connectivity index (χ0) is 11.4. The maximum Gasteiger partial charge on any atom is 0.306 e. The SMILES string of the molecule is CC(C)CCC1CC(C(=O)O)CCC1=O. The lowest BCUT2D eigenvalue weighted by atomic mass is 9.78. The van der Waals surface area contributed by atoms with Crippen molar-refractivity contribution in [3.05, 3.63) is 0 Å². The summed E-state index contributed by atoms with van der Waals surface area (Å²) in [7, 11) is 0. The summed E-state index contributed by atoms with van der Waals surface area (Å²) in [5, 5.41) is 8.91. The van der Waals surface area contributed by atoms with Crippen molar-refractivity contribution >= 4 is 11.8 Å². The third-order valence-corrected chi connectivity index (χ3v) is 3.21. The molecule has 0 amide bonds. The summed E-state index contributed by atoms with van der Waals surface area (Å²) in [5.74, 6) is -0.171. The van der Waals surface area contributed by atoms with Crippen molar-refractivity contribution in [1.82, 2.24) is 0 Å². The van der Waals surface area contributed by atoms with Gasteiger partial charge in [-0.3, -0.25) is 9.59 Å². The van der Waals surface area contributed by atoms with Crippen molar-refractivity contribution in [1.29, 1.82) is 0 Å². The summed E-state index contributed by atoms with van der Waals surface area (Å²) in [6.07, 6.45) is 3.43. The van der Waals surface area contributed by atoms with Crippen LogP contribution < -0.4 is 0 Å². The van der Waals surface area contributed by atoms with E-state index in [0.717, 1.165) is 12.8 Å². The van der Waals surface area contributed by atoms with Crippen LogP contribution in [0.1, 0.15) is 46.0 Å². The minimum atomic E-state index is -0.739. The molecule has 86 valence electrons. The van der Waals surface area contributed by atoms with Gasteiger partial charge in [0.05, 0.1) is 5.92 Å². The van der Waals surface area contributed by atoms with Crippen molar-refractivity contribution < 1.29 is 14.7 Å². The maximum atomic E-state index is 11.6. The molecule has 1 fully saturated rings. The number of ketones is 1. The molecule has 0 aliphatic heterocycles. The molecule has 0 spiro atoms. The number of Topliss-reactive ketones (excluding diaryl/α,β-unsaturated/α-hetero) is 1. The van der Waals surface area contributed by atoms with E-state index in [2.05, 4.69) is 13.8 Å². The van der Waals surface area contributed by atoms with Crippen molar-refractivity contribution in [2.75, 3.05) is 0 Å². The van der Waals surface area contributed by atoms with Crippen LogP contribution in [0.2, 0.25) is 0 Å². The molecule has 2 atom stereocenters. The summed E-state index contributed by atoms with van der Waals surface area (Å²) >= 11 is 0. The van der Waals surface area contributed by atoms with Gasteiger partial charge in [0, 0.05) is 12.3 Å². The van der Waals surface area contributed by atoms with Gasteiger partial charge in [0.2, 0.25) is 0 Å². The molecule has 1 aliphatic carbocycles. The topological polar surface area (TPSA) is 54.4 Å². The van der Waals surface area contributed by atoms with Gasteiger partial charge in [-0.1, -0.05) is 20.3 Å². The Morgan fingerprint density at radius 2 is 2.20 bits per heavy atom. The molecule has 0 aromatic carbocycles. The number of hydrogen-bond acceptors (Lipinski definition) is 2. The molecule has 0 bridgehead atoms. The molecule has 0 radical (unpaired) electrons. The Balaban J connectivity index is 2.46. The molecule has 0 saturated heterocycles. The number of rotatable bonds is 4. The second-order valence-corrected chi connectivity index (χ2v) is 4.94. The fourth-order valence-electron chi connectivity index (χ4n) is 2.15. The Morgan fingerprint density at radius 3 is 2.73 bits per heavy atom. The highest BCUT2D eigenvalue weighted by atomic mass is 16.4. The van der Waals surface area contributed by atoms with Gasteiger partial charge in [0.25, 0.3) is 0 Å². The summed E-state index contributed by atoms with van der Waals surface area (Å²) in [6, 6.07) is 0. The van der Waals surface area contributed by atoms with Gasteiger partial charge >= 0.3 is 5.97 Å². The van der Waals surface area contributed by atoms with Crippen LogP contribution in [0.4, 0.5) is 0 Å². The second-order valence-electron chi connectivity index (χ2n) is 4.94. The smallest absolute Gasteiger partial charge is 0.306 e. The van der Waals surface area contributed by atoms with Crippen molar-refractivity contribution in [3.63, 3.8) is 0 Å². The van der Waals surface area contributed by atoms with E-state index in [1.54, 1.807) is 0 Å². The lowest BCUT2D eigenvalue weighted by Crippen LogP contribution is -2.29. The van der Waals surface area contributed by atoms with Gasteiger partial charge in [0.1, 0.15) is 5.78 Å². The van der Waals surface area contributed by atoms with E-state index in [1.165, 1.54) is 0 Å². The summed E-state index contributed by atoms with van der Waals surface area (Å²) in [5.41, 5.74) is 0. The Labute approximate surface area is 90.9 Å². The molecule has 3 nitrogen and oxygen atoms in total. The maximum absolute atomic E-state index is 11.6. The van der Waals surface area contributed by atoms with Gasteiger partial charge in [-0.25, -0.2) is 0 Å². The van der Waals surface area contributed by atoms with E-state index in [-0.39, 0.29) is 17.6 Å². The molecule has 0 heterocycles. The van der Waals surface area contributed by atoms with Crippen molar-refractivity contribution in [2.45, 2.75) is 46.0 Å². The number of carbonyl (C=O) groups is 2. The largest absolute Gasteiger partial charge is 0.481 e. The number of carbonyl (C=O) groups excluding carboxylic acids is 1. The number of carboxylic acids is 1. The van der Waals surface area contributed by atoms with Crippen molar-refractivity contribution in [3.8, 4) is 0 Å². The predicted molar refractivity (Wildman–Crippen MR) is 57.5 cm³/mol. The number of carboxylic acid groups (broad SMARTS) is 1. The summed E-state index contributed by atoms with van der Waals surface area (Å²) in [6.45, 7) is 4.25. The van der Waals surface area contributed by atoms with E-state index in [9.17, 15) is 9.59 Å². The van der Waals surface area contributed by atoms with Crippen LogP contribution in [0.25, 0.3) is 0 Å². The molecular formula is C12H20O3. The first kappa shape index (κ1) is 12.2. The number of aliphatic carboxylic acids is 1. The molecule has 1 saturated carbocycles. The molecule has 2 unspecified atom stereocenters. The molecule has 0 aromatic heterocycles. The molecule has 15 heavy (non-hydrogen) atoms. The van der Waals surface area contributed by atoms with E-state index in [1.807, 2.05) is 0 Å². The first-order valence-electron chi connectivity index (χ1n) is 5.76. The molecule has 3 heteroatoms. The molecule has 1 aliphatic rings. The van der Waals surface area contributed by atoms with Gasteiger partial charge in [-0.15, -0.1) is 0 Å². The molecule has 0 aromatic rings. The Morgan fingerprint density at radius 1 is 1.53 bits per heavy atom. The van der Waals surface area contributed by atoms with E-state index in [0.29, 0.717) is 25.2 Å². The standard InChI is InChI=1S/C12H20O3/c1-8(2)3-4-9-7-10(12(14)15)5-6-11(9)13/h8-10H,3-7H2,1-2H3,(H,14,15). The van der Waals surface area contributed by atoms with E-state index in [4.69, 9.17) is 5.11 Å². The average molecular weight is 212 g/mol. The minimum absolute atomic E-state index is 0.00208. The third kappa shape index (κ3) is 3.65. The van der Waals surface area contributed by atoms with Gasteiger partial charge in [0.15, 0.2) is 0 Å². The highest BCUT2D eigenvalue weighted by Crippen LogP contribution is 2.30. The molecule has 1 N–H and O–H groups in total. The third-order valence-electron chi connectivity index (χ3n) is 3.21. The fraction of sp³-hybridized carbons (Fsp3) is 0.833. The second kappa shape index (κ2) is 5.29. The lowest BCUT2D eigenvalue weighted by molar-refractivity contribution is -0.144. The van der Waals surface area contributed by atoms with E-state index < -0.39 is 5.97 Å². The van der Waals surface area contributed by atoms with Crippen LogP contribution in [0.3, 0.4) is 0 Å². The van der Waals surface area contributed by atoms with Gasteiger partial charge in [-0.05, 0) is 25.2 Å². The minimum Gasteiger partial charge on any atom is -0.481 e. The highest BCUT2D eigenvalue weighted by Gasteiger charge is 2.31. The Bertz CT molecular complexity index is 245. The van der Waals surface area contributed by atoms with Gasteiger partial charge in [-0.2, -0.15) is 0 Å². The first-order valence-corrected chi connectivity index (χ1v) is 5.76. The van der Waals surface area contributed by atoms with Crippen LogP contribution in [0.5, 0.6) is 0 Å². The first-order chi connectivity index (χ1) is 7.00. The van der Waals surface area contributed by atoms with Crippen LogP contribution in [0, 0.1) is 17.8 Å². The quantitative estimate of drug-likeness (QED) is 0.779. The Kier molecular flexibility index (Phi) is 4.30. The lowest BCUT2D eigenvalue weighted by Gasteiger charge is -2.25. The molecule has 1 rings (SSSR count). The van der Waals surface area contributed by atoms with Crippen molar-refractivity contribution in [2.24, 2.45) is 17.8 Å². The van der Waals surface area contributed by atoms with Gasteiger partial charge < -0.3 is 5.11 Å². The van der Waals surface area contributed by atoms with Crippen LogP contribution >= 0.6 is 0 Å². The molecular weight excluding hydrogens is 192 g/mol. The summed E-state index contributed by atoms with van der Waals surface area (Å²) < 4.78 is 0. The Hall–Kier alpha value is -0.860. The average Bonchev–Trinajstić information content (AvgIpc) is 2.16. The highest BCUT2D eigenvalue weighted by molar-refractivity contribution is 5.84. The number of hydrogen-bond donors (Lipinski definition) is 1. The summed E-state index contributed by atoms with van der Waals surface area (Å²) in [4.78, 5) is 22.4. The fourth-order valence-corrected chi connectivity index (χ4v) is 2.15. The van der Waals surface area contributed by atoms with E-state index >= 15 is 0 Å². The zero-order valence-corrected chi connectivity index (χ0v) is 9.53. The van der Waals surface area contributed by atoms with Crippen LogP contribution in [-0.4, -0.2) is 16.9 Å².